The number of benzene rings is 1. The number of azo groups is 1. The topological polar surface area (TPSA) is 298 Å². The van der Waals surface area contributed by atoms with Crippen LogP contribution >= 0.6 is 0 Å². The van der Waals surface area contributed by atoms with Crippen LogP contribution < -0.4 is 49.6 Å². The number of hydrogen-bond acceptors (Lipinski definition) is 14. The van der Waals surface area contributed by atoms with Crippen molar-refractivity contribution in [1.29, 1.82) is 0 Å². The van der Waals surface area contributed by atoms with Gasteiger partial charge in [-0.1, -0.05) is 0 Å². The third-order valence-electron chi connectivity index (χ3n) is 3.57. The van der Waals surface area contributed by atoms with E-state index < -0.39 is 82.9 Å². The highest BCUT2D eigenvalue weighted by Gasteiger charge is 2.15. The van der Waals surface area contributed by atoms with Gasteiger partial charge in [-0.3, -0.25) is 24.0 Å². The van der Waals surface area contributed by atoms with E-state index in [1.165, 1.54) is 0 Å². The fourth-order valence-electron chi connectivity index (χ4n) is 1.68. The standard InChI is InChI=1S/C15H21N9O8/c16-5(2-25)13(30)22-19-8-1-9(20-23-14(31)6(17)3-26)12(29)10(11(8)28)21-24-15(32)7(18)4-27/h1,5-7,25-27H,2-4,16-18H2,(H,22,30)(H,24,32). The molecule has 0 fully saturated rings. The van der Waals surface area contributed by atoms with Gasteiger partial charge in [-0.2, -0.15) is 10.2 Å². The van der Waals surface area contributed by atoms with Crippen LogP contribution in [0.3, 0.4) is 0 Å². The monoisotopic (exact) mass is 455 g/mol. The molecule has 1 aromatic rings. The molecule has 0 aliphatic heterocycles. The van der Waals surface area contributed by atoms with E-state index in [0.717, 1.165) is 6.07 Å². The first-order valence-corrected chi connectivity index (χ1v) is 8.68. The summed E-state index contributed by atoms with van der Waals surface area (Å²) in [6, 6.07) is -3.45. The fraction of sp³-hybridized carbons (Fsp3) is 0.400. The van der Waals surface area contributed by atoms with Crippen LogP contribution in [0.15, 0.2) is 36.1 Å². The summed E-state index contributed by atoms with van der Waals surface area (Å²) in [6.07, 6.45) is 0. The Hall–Kier alpha value is -3.61. The molecule has 0 spiro atoms. The maximum Gasteiger partial charge on any atom is 0.283 e. The minimum absolute atomic E-state index is 0.629. The van der Waals surface area contributed by atoms with Crippen molar-refractivity contribution >= 4 is 23.4 Å². The van der Waals surface area contributed by atoms with Gasteiger partial charge in [-0.25, -0.2) is 10.9 Å². The number of nitrogens with zero attached hydrogens (tertiary/aromatic N) is 4. The van der Waals surface area contributed by atoms with E-state index in [4.69, 9.17) is 32.5 Å². The van der Waals surface area contributed by atoms with Crippen LogP contribution in [0.1, 0.15) is 0 Å². The zero-order valence-corrected chi connectivity index (χ0v) is 16.3. The van der Waals surface area contributed by atoms with E-state index in [2.05, 4.69) is 20.4 Å². The van der Waals surface area contributed by atoms with Crippen LogP contribution in [0.4, 0.5) is 5.69 Å². The van der Waals surface area contributed by atoms with E-state index >= 15 is 0 Å². The lowest BCUT2D eigenvalue weighted by atomic mass is 10.2. The summed E-state index contributed by atoms with van der Waals surface area (Å²) in [5.41, 5.74) is 16.5. The van der Waals surface area contributed by atoms with Crippen LogP contribution in [0, 0.1) is 0 Å². The third kappa shape index (κ3) is 6.97. The van der Waals surface area contributed by atoms with Gasteiger partial charge in [0.1, 0.15) is 29.2 Å². The predicted octanol–water partition coefficient (Wildman–Crippen LogP) is -7.28. The Labute approximate surface area is 177 Å². The quantitative estimate of drug-likeness (QED) is 0.128. The van der Waals surface area contributed by atoms with Crippen LogP contribution in [0.5, 0.6) is 0 Å². The van der Waals surface area contributed by atoms with Crippen LogP contribution in [0.25, 0.3) is 0 Å². The molecule has 0 aliphatic carbocycles. The number of nitrogens with one attached hydrogen (secondary N) is 2. The minimum atomic E-state index is -1.42. The molecule has 32 heavy (non-hydrogen) atoms. The van der Waals surface area contributed by atoms with E-state index in [1.807, 2.05) is 5.43 Å². The van der Waals surface area contributed by atoms with Gasteiger partial charge in [0.25, 0.3) is 17.7 Å². The number of rotatable bonds is 9. The van der Waals surface area contributed by atoms with Crippen molar-refractivity contribution in [2.75, 3.05) is 19.8 Å². The Bertz CT molecular complexity index is 1110. The smallest absolute Gasteiger partial charge is 0.283 e. The van der Waals surface area contributed by atoms with Crippen molar-refractivity contribution in [3.63, 3.8) is 0 Å². The third-order valence-corrected chi connectivity index (χ3v) is 3.57. The molecule has 1 aromatic carbocycles. The second-order valence-electron chi connectivity index (χ2n) is 6.00. The van der Waals surface area contributed by atoms with Crippen molar-refractivity contribution in [3.05, 3.63) is 37.2 Å². The van der Waals surface area contributed by atoms with Crippen LogP contribution in [0.2, 0.25) is 0 Å². The van der Waals surface area contributed by atoms with E-state index in [-0.39, 0.29) is 0 Å². The normalized spacial score (nSPS) is 15.4. The molecule has 3 atom stereocenters. The zero-order valence-electron chi connectivity index (χ0n) is 16.3. The summed E-state index contributed by atoms with van der Waals surface area (Å²) in [5.74, 6) is -3.12. The van der Waals surface area contributed by atoms with E-state index in [0.29, 0.717) is 0 Å². The lowest BCUT2D eigenvalue weighted by Crippen LogP contribution is -2.51. The summed E-state index contributed by atoms with van der Waals surface area (Å²) < 4.78 is 0. The Morgan fingerprint density at radius 1 is 0.844 bits per heavy atom. The highest BCUT2D eigenvalue weighted by molar-refractivity contribution is 5.82. The Balaban J connectivity index is 3.60. The first-order valence-electron chi connectivity index (χ1n) is 8.68. The average Bonchev–Trinajstić information content (AvgIpc) is 2.80. The molecular weight excluding hydrogens is 434 g/mol. The molecule has 0 aromatic heterocycles. The number of aliphatic hydroxyl groups excluding tert-OH is 3. The Morgan fingerprint density at radius 2 is 1.34 bits per heavy atom. The number of carbonyl (C=O) groups is 3. The SMILES string of the molecule is NC(CO)C(=O)N=Nc1cc(=NNC(=O)C(N)CO)c(=O)c(=NNC(=O)C(N)CO)c1=O. The van der Waals surface area contributed by atoms with Gasteiger partial charge in [-0.15, -0.1) is 10.2 Å². The second kappa shape index (κ2) is 12.3. The minimum Gasteiger partial charge on any atom is -0.394 e. The maximum atomic E-state index is 12.5. The first-order chi connectivity index (χ1) is 15.1. The van der Waals surface area contributed by atoms with Gasteiger partial charge in [0.15, 0.2) is 5.36 Å². The molecule has 0 bridgehead atoms. The van der Waals surface area contributed by atoms with Gasteiger partial charge in [0, 0.05) is 6.07 Å². The molecule has 0 saturated heterocycles. The Morgan fingerprint density at radius 3 is 1.84 bits per heavy atom. The fourth-order valence-corrected chi connectivity index (χ4v) is 1.68. The molecule has 3 amide bonds. The summed E-state index contributed by atoms with van der Waals surface area (Å²) in [4.78, 5) is 59.9. The second-order valence-corrected chi connectivity index (χ2v) is 6.00. The van der Waals surface area contributed by atoms with Crippen molar-refractivity contribution < 1.29 is 29.7 Å². The molecule has 0 heterocycles. The van der Waals surface area contributed by atoms with Crippen molar-refractivity contribution in [2.24, 2.45) is 37.6 Å². The number of amides is 3. The molecule has 3 unspecified atom stereocenters. The molecule has 0 radical (unpaired) electrons. The van der Waals surface area contributed by atoms with Crippen molar-refractivity contribution in [2.45, 2.75) is 18.1 Å². The molecular formula is C15H21N9O8. The molecule has 0 aliphatic rings. The zero-order chi connectivity index (χ0) is 24.4. The highest BCUT2D eigenvalue weighted by atomic mass is 16.3. The largest absolute Gasteiger partial charge is 0.394 e. The van der Waals surface area contributed by atoms with Crippen LogP contribution in [-0.2, 0) is 14.4 Å². The summed E-state index contributed by atoms with van der Waals surface area (Å²) in [7, 11) is 0. The molecule has 11 N–H and O–H groups in total. The van der Waals surface area contributed by atoms with Gasteiger partial charge < -0.3 is 32.5 Å². The van der Waals surface area contributed by atoms with Crippen molar-refractivity contribution in [1.82, 2.24) is 10.9 Å². The lowest BCUT2D eigenvalue weighted by Gasteiger charge is -2.05. The van der Waals surface area contributed by atoms with Gasteiger partial charge in [-0.05, 0) is 0 Å². The molecule has 17 heteroatoms. The lowest BCUT2D eigenvalue weighted by molar-refractivity contribution is -0.124. The van der Waals surface area contributed by atoms with E-state index in [1.54, 1.807) is 5.43 Å². The summed E-state index contributed by atoms with van der Waals surface area (Å²) >= 11 is 0. The average molecular weight is 455 g/mol. The maximum absolute atomic E-state index is 12.5. The first kappa shape index (κ1) is 26.4. The number of aliphatic hydroxyl groups is 3. The predicted molar refractivity (Wildman–Crippen MR) is 103 cm³/mol. The van der Waals surface area contributed by atoms with Gasteiger partial charge in [0.2, 0.25) is 10.9 Å². The molecule has 17 nitrogen and oxygen atoms in total. The number of carbonyl (C=O) groups excluding carboxylic acids is 3. The van der Waals surface area contributed by atoms with Crippen molar-refractivity contribution in [3.8, 4) is 0 Å². The highest BCUT2D eigenvalue weighted by Crippen LogP contribution is 2.00. The summed E-state index contributed by atoms with van der Waals surface area (Å²) in [6.45, 7) is -2.23. The number of nitrogens with two attached hydrogens (primary N) is 3. The molecule has 0 saturated carbocycles. The van der Waals surface area contributed by atoms with E-state index in [9.17, 15) is 24.0 Å². The van der Waals surface area contributed by atoms with Gasteiger partial charge >= 0.3 is 0 Å². The van der Waals surface area contributed by atoms with Gasteiger partial charge in [0.05, 0.1) is 19.8 Å². The summed E-state index contributed by atoms with van der Waals surface area (Å²) in [5, 5.41) is 38.3. The number of hydrogen-bond donors (Lipinski definition) is 8. The molecule has 1 rings (SSSR count). The Kier molecular flexibility index (Phi) is 10.2. The molecule has 174 valence electrons. The van der Waals surface area contributed by atoms with Crippen LogP contribution in [-0.4, -0.2) is 71.0 Å².